The van der Waals surface area contributed by atoms with Crippen molar-refractivity contribution < 1.29 is 24.3 Å². The molecule has 8 N–H and O–H groups in total. The molecule has 1 aromatic carbocycles. The summed E-state index contributed by atoms with van der Waals surface area (Å²) in [6.45, 7) is 1.92. The van der Waals surface area contributed by atoms with E-state index in [9.17, 15) is 19.2 Å². The van der Waals surface area contributed by atoms with Crippen molar-refractivity contribution in [1.29, 1.82) is 0 Å². The maximum absolute atomic E-state index is 12.9. The zero-order valence-electron chi connectivity index (χ0n) is 18.1. The van der Waals surface area contributed by atoms with Crippen LogP contribution in [0.2, 0.25) is 0 Å². The first-order valence-electron chi connectivity index (χ1n) is 10.4. The van der Waals surface area contributed by atoms with Gasteiger partial charge in [-0.25, -0.2) is 4.79 Å². The predicted octanol–water partition coefficient (Wildman–Crippen LogP) is -0.826. The summed E-state index contributed by atoms with van der Waals surface area (Å²) in [5.41, 5.74) is 12.2. The smallest absolute Gasteiger partial charge is 0.327 e. The van der Waals surface area contributed by atoms with E-state index in [1.807, 2.05) is 30.3 Å². The van der Waals surface area contributed by atoms with Crippen LogP contribution in [0.5, 0.6) is 0 Å². The Morgan fingerprint density at radius 2 is 1.59 bits per heavy atom. The molecule has 11 heteroatoms. The zero-order valence-corrected chi connectivity index (χ0v) is 19.0. The SMILES string of the molecule is C[C@H](NC(=O)[C@H](Cc1ccccc1)NC(=O)[C@@H](N)CCCCN)C(=O)N[C@@H](CS)C(=O)O. The Morgan fingerprint density at radius 3 is 2.16 bits per heavy atom. The molecule has 1 aromatic rings. The molecular formula is C21H33N5O5S. The van der Waals surface area contributed by atoms with Crippen molar-refractivity contribution in [3.8, 4) is 0 Å². The van der Waals surface area contributed by atoms with Gasteiger partial charge < -0.3 is 32.5 Å². The number of unbranched alkanes of at least 4 members (excludes halogenated alkanes) is 1. The number of rotatable bonds is 14. The largest absolute Gasteiger partial charge is 0.480 e. The minimum Gasteiger partial charge on any atom is -0.480 e. The van der Waals surface area contributed by atoms with E-state index in [4.69, 9.17) is 16.6 Å². The summed E-state index contributed by atoms with van der Waals surface area (Å²) < 4.78 is 0. The summed E-state index contributed by atoms with van der Waals surface area (Å²) in [5.74, 6) is -3.07. The molecule has 0 bridgehead atoms. The standard InChI is InChI=1S/C21H33N5O5S/c1-13(18(27)26-17(12-32)21(30)31)24-20(29)16(11-14-7-3-2-4-8-14)25-19(28)15(23)9-5-6-10-22/h2-4,7-8,13,15-17,32H,5-6,9-12,22-23H2,1H3,(H,24,29)(H,25,28)(H,26,27)(H,30,31)/t13-,15-,16-,17-/m0/s1. The average Bonchev–Trinajstić information content (AvgIpc) is 2.77. The maximum atomic E-state index is 12.9. The summed E-state index contributed by atoms with van der Waals surface area (Å²) in [4.78, 5) is 48.8. The number of benzene rings is 1. The molecule has 0 aliphatic heterocycles. The number of nitrogens with two attached hydrogens (primary N) is 2. The Bertz CT molecular complexity index is 764. The van der Waals surface area contributed by atoms with Gasteiger partial charge in [0.2, 0.25) is 17.7 Å². The van der Waals surface area contributed by atoms with Crippen molar-refractivity contribution in [2.45, 2.75) is 56.8 Å². The Balaban J connectivity index is 2.84. The van der Waals surface area contributed by atoms with Gasteiger partial charge >= 0.3 is 5.97 Å². The highest BCUT2D eigenvalue weighted by Gasteiger charge is 2.28. The number of nitrogens with one attached hydrogen (secondary N) is 3. The van der Waals surface area contributed by atoms with E-state index in [-0.39, 0.29) is 12.2 Å². The second-order valence-corrected chi connectivity index (χ2v) is 7.82. The van der Waals surface area contributed by atoms with Crippen molar-refractivity contribution in [2.75, 3.05) is 12.3 Å². The molecule has 0 spiro atoms. The number of carboxylic acid groups (broad SMARTS) is 1. The number of carbonyl (C=O) groups is 4. The molecular weight excluding hydrogens is 434 g/mol. The van der Waals surface area contributed by atoms with Gasteiger partial charge in [-0.15, -0.1) is 0 Å². The first-order valence-corrected chi connectivity index (χ1v) is 11.1. The van der Waals surface area contributed by atoms with Crippen LogP contribution in [0.25, 0.3) is 0 Å². The van der Waals surface area contributed by atoms with Crippen LogP contribution in [0.3, 0.4) is 0 Å². The molecule has 0 unspecified atom stereocenters. The second-order valence-electron chi connectivity index (χ2n) is 7.45. The lowest BCUT2D eigenvalue weighted by Gasteiger charge is -2.23. The zero-order chi connectivity index (χ0) is 24.1. The lowest BCUT2D eigenvalue weighted by molar-refractivity contribution is -0.141. The van der Waals surface area contributed by atoms with Crippen LogP contribution in [-0.4, -0.2) is 65.3 Å². The van der Waals surface area contributed by atoms with Gasteiger partial charge in [-0.2, -0.15) is 12.6 Å². The van der Waals surface area contributed by atoms with E-state index in [1.165, 1.54) is 6.92 Å². The van der Waals surface area contributed by atoms with Crippen LogP contribution in [0.15, 0.2) is 30.3 Å². The Morgan fingerprint density at radius 1 is 0.969 bits per heavy atom. The number of aliphatic carboxylic acids is 1. The van der Waals surface area contributed by atoms with Gasteiger partial charge in [0, 0.05) is 12.2 Å². The van der Waals surface area contributed by atoms with E-state index in [0.717, 1.165) is 12.0 Å². The summed E-state index contributed by atoms with van der Waals surface area (Å²) in [7, 11) is 0. The molecule has 1 rings (SSSR count). The fraction of sp³-hybridized carbons (Fsp3) is 0.524. The van der Waals surface area contributed by atoms with E-state index < -0.39 is 47.9 Å². The first kappa shape index (κ1) is 27.4. The van der Waals surface area contributed by atoms with Crippen LogP contribution in [0.1, 0.15) is 31.7 Å². The molecule has 178 valence electrons. The fourth-order valence-corrected chi connectivity index (χ4v) is 3.09. The van der Waals surface area contributed by atoms with Gasteiger partial charge in [0.25, 0.3) is 0 Å². The monoisotopic (exact) mass is 467 g/mol. The van der Waals surface area contributed by atoms with Gasteiger partial charge in [0.05, 0.1) is 6.04 Å². The Kier molecular flexibility index (Phi) is 12.4. The van der Waals surface area contributed by atoms with Gasteiger partial charge in [-0.1, -0.05) is 36.8 Å². The number of hydrogen-bond donors (Lipinski definition) is 7. The minimum absolute atomic E-state index is 0.101. The molecule has 0 aromatic heterocycles. The first-order chi connectivity index (χ1) is 15.2. The van der Waals surface area contributed by atoms with Crippen molar-refractivity contribution in [3.05, 3.63) is 35.9 Å². The predicted molar refractivity (Wildman–Crippen MR) is 124 cm³/mol. The molecule has 3 amide bonds. The van der Waals surface area contributed by atoms with E-state index >= 15 is 0 Å². The van der Waals surface area contributed by atoms with Crippen LogP contribution < -0.4 is 27.4 Å². The lowest BCUT2D eigenvalue weighted by Crippen LogP contribution is -2.57. The summed E-state index contributed by atoms with van der Waals surface area (Å²) in [6, 6.07) is 5.10. The van der Waals surface area contributed by atoms with Gasteiger partial charge in [0.15, 0.2) is 0 Å². The lowest BCUT2D eigenvalue weighted by atomic mass is 10.0. The van der Waals surface area contributed by atoms with Gasteiger partial charge in [0.1, 0.15) is 18.1 Å². The van der Waals surface area contributed by atoms with Crippen LogP contribution in [0.4, 0.5) is 0 Å². The van der Waals surface area contributed by atoms with E-state index in [0.29, 0.717) is 19.4 Å². The van der Waals surface area contributed by atoms with Crippen LogP contribution >= 0.6 is 12.6 Å². The van der Waals surface area contributed by atoms with Crippen molar-refractivity contribution >= 4 is 36.3 Å². The topological polar surface area (TPSA) is 177 Å². The molecule has 0 fully saturated rings. The third-order valence-electron chi connectivity index (χ3n) is 4.77. The highest BCUT2D eigenvalue weighted by molar-refractivity contribution is 7.80. The Labute approximate surface area is 193 Å². The Hall–Kier alpha value is -2.63. The van der Waals surface area contributed by atoms with Crippen molar-refractivity contribution in [2.24, 2.45) is 11.5 Å². The molecule has 32 heavy (non-hydrogen) atoms. The molecule has 4 atom stereocenters. The highest BCUT2D eigenvalue weighted by Crippen LogP contribution is 2.06. The third kappa shape index (κ3) is 9.67. The number of hydrogen-bond acceptors (Lipinski definition) is 7. The summed E-state index contributed by atoms with van der Waals surface area (Å²) in [5, 5.41) is 16.5. The maximum Gasteiger partial charge on any atom is 0.327 e. The van der Waals surface area contributed by atoms with Gasteiger partial charge in [-0.05, 0) is 31.9 Å². The molecule has 0 aliphatic carbocycles. The molecule has 10 nitrogen and oxygen atoms in total. The number of amides is 3. The molecule has 0 radical (unpaired) electrons. The highest BCUT2D eigenvalue weighted by atomic mass is 32.1. The van der Waals surface area contributed by atoms with Gasteiger partial charge in [-0.3, -0.25) is 14.4 Å². The quantitative estimate of drug-likeness (QED) is 0.138. The molecule has 0 aliphatic rings. The number of carboxylic acids is 1. The molecule has 0 saturated carbocycles. The minimum atomic E-state index is -1.23. The van der Waals surface area contributed by atoms with Crippen LogP contribution in [-0.2, 0) is 25.6 Å². The normalized spacial score (nSPS) is 14.5. The summed E-state index contributed by atoms with van der Waals surface area (Å²) >= 11 is 3.89. The van der Waals surface area contributed by atoms with Crippen LogP contribution in [0, 0.1) is 0 Å². The fourth-order valence-electron chi connectivity index (χ4n) is 2.84. The summed E-state index contributed by atoms with van der Waals surface area (Å²) in [6.07, 6.45) is 2.05. The number of carbonyl (C=O) groups excluding carboxylic acids is 3. The molecule has 0 heterocycles. The van der Waals surface area contributed by atoms with Crippen molar-refractivity contribution in [3.63, 3.8) is 0 Å². The average molecular weight is 468 g/mol. The third-order valence-corrected chi connectivity index (χ3v) is 5.14. The second kappa shape index (κ2) is 14.4. The van der Waals surface area contributed by atoms with Crippen molar-refractivity contribution in [1.82, 2.24) is 16.0 Å². The van der Waals surface area contributed by atoms with E-state index in [2.05, 4.69) is 28.6 Å². The van der Waals surface area contributed by atoms with E-state index in [1.54, 1.807) is 0 Å². The number of thiol groups is 1. The molecule has 0 saturated heterocycles.